The van der Waals surface area contributed by atoms with Crippen LogP contribution in [0.2, 0.25) is 0 Å². The monoisotopic (exact) mass is 562 g/mol. The summed E-state index contributed by atoms with van der Waals surface area (Å²) in [4.78, 5) is 41.8. The predicted octanol–water partition coefficient (Wildman–Crippen LogP) is 4.42. The minimum absolute atomic E-state index is 0.0120. The molecule has 10 nitrogen and oxygen atoms in total. The fourth-order valence-electron chi connectivity index (χ4n) is 5.08. The minimum Gasteiger partial charge on any atom is -0.504 e. The number of hydrogen-bond acceptors (Lipinski definition) is 10. The van der Waals surface area contributed by atoms with E-state index in [4.69, 9.17) is 28.4 Å². The average molecular weight is 563 g/mol. The number of carbonyl (C=O) groups is 3. The summed E-state index contributed by atoms with van der Waals surface area (Å²) in [6.45, 7) is 1.85. The molecule has 0 bridgehead atoms. The summed E-state index contributed by atoms with van der Waals surface area (Å²) in [6.07, 6.45) is 0. The van der Waals surface area contributed by atoms with Gasteiger partial charge >= 0.3 is 5.97 Å². The molecular formula is C31H30O10. The van der Waals surface area contributed by atoms with E-state index >= 15 is 0 Å². The SMILES string of the molecule is COC(=O)C1=C(C(=O)c2ccc(C)cc2)C(=O)c2c(O)c(OC)c(OC)c(OC)c2C1c1ccc(OC)c(OC)c1. The van der Waals surface area contributed by atoms with Crippen molar-refractivity contribution in [1.29, 1.82) is 0 Å². The van der Waals surface area contributed by atoms with E-state index in [1.807, 2.05) is 6.92 Å². The zero-order chi connectivity index (χ0) is 30.0. The number of carbonyl (C=O) groups excluding carboxylic acids is 3. The van der Waals surface area contributed by atoms with Crippen molar-refractivity contribution in [1.82, 2.24) is 0 Å². The van der Waals surface area contributed by atoms with Crippen molar-refractivity contribution >= 4 is 17.5 Å². The lowest BCUT2D eigenvalue weighted by atomic mass is 9.71. The number of methoxy groups -OCH3 is 6. The maximum absolute atomic E-state index is 14.2. The number of ether oxygens (including phenoxy) is 6. The first kappa shape index (κ1) is 29.0. The molecule has 4 rings (SSSR count). The first-order valence-electron chi connectivity index (χ1n) is 12.4. The molecule has 3 aromatic rings. The summed E-state index contributed by atoms with van der Waals surface area (Å²) in [5, 5.41) is 11.4. The zero-order valence-corrected chi connectivity index (χ0v) is 23.7. The van der Waals surface area contributed by atoms with Gasteiger partial charge in [-0.25, -0.2) is 4.79 Å². The Morgan fingerprint density at radius 3 is 1.90 bits per heavy atom. The van der Waals surface area contributed by atoms with Crippen LogP contribution in [0.5, 0.6) is 34.5 Å². The van der Waals surface area contributed by atoms with Gasteiger partial charge in [0, 0.05) is 17.0 Å². The fourth-order valence-corrected chi connectivity index (χ4v) is 5.08. The highest BCUT2D eigenvalue weighted by Gasteiger charge is 2.46. The Labute approximate surface area is 237 Å². The van der Waals surface area contributed by atoms with Crippen LogP contribution < -0.4 is 23.7 Å². The van der Waals surface area contributed by atoms with E-state index in [-0.39, 0.29) is 39.5 Å². The average Bonchev–Trinajstić information content (AvgIpc) is 2.99. The zero-order valence-electron chi connectivity index (χ0n) is 23.7. The molecule has 10 heteroatoms. The number of hydrogen-bond donors (Lipinski definition) is 1. The Bertz CT molecular complexity index is 1570. The van der Waals surface area contributed by atoms with E-state index in [1.54, 1.807) is 42.5 Å². The van der Waals surface area contributed by atoms with Crippen LogP contribution in [0.3, 0.4) is 0 Å². The van der Waals surface area contributed by atoms with Crippen LogP contribution in [0, 0.1) is 6.92 Å². The van der Waals surface area contributed by atoms with E-state index in [2.05, 4.69) is 0 Å². The van der Waals surface area contributed by atoms with Gasteiger partial charge in [-0.3, -0.25) is 9.59 Å². The van der Waals surface area contributed by atoms with Gasteiger partial charge in [0.1, 0.15) is 0 Å². The Morgan fingerprint density at radius 2 is 1.37 bits per heavy atom. The second-order valence-corrected chi connectivity index (χ2v) is 9.09. The highest BCUT2D eigenvalue weighted by Crippen LogP contribution is 2.57. The Morgan fingerprint density at radius 1 is 0.756 bits per heavy atom. The molecule has 0 saturated carbocycles. The number of aryl methyl sites for hydroxylation is 1. The summed E-state index contributed by atoms with van der Waals surface area (Å²) in [5.41, 5.74) is 0.581. The van der Waals surface area contributed by atoms with E-state index in [0.29, 0.717) is 17.1 Å². The maximum Gasteiger partial charge on any atom is 0.335 e. The topological polar surface area (TPSA) is 127 Å². The molecular weight excluding hydrogens is 532 g/mol. The number of phenols is 1. The molecule has 1 N–H and O–H groups in total. The molecule has 0 heterocycles. The molecule has 1 atom stereocenters. The molecule has 1 unspecified atom stereocenters. The van der Waals surface area contributed by atoms with Gasteiger partial charge in [-0.1, -0.05) is 35.9 Å². The lowest BCUT2D eigenvalue weighted by molar-refractivity contribution is -0.136. The molecule has 0 radical (unpaired) electrons. The number of rotatable bonds is 9. The highest BCUT2D eigenvalue weighted by atomic mass is 16.5. The summed E-state index contributed by atoms with van der Waals surface area (Å²) in [5.74, 6) is -3.71. The van der Waals surface area contributed by atoms with Crippen molar-refractivity contribution < 1.29 is 47.9 Å². The number of aromatic hydroxyl groups is 1. The quantitative estimate of drug-likeness (QED) is 0.227. The first-order valence-corrected chi connectivity index (χ1v) is 12.4. The van der Waals surface area contributed by atoms with Gasteiger partial charge in [0.15, 0.2) is 28.8 Å². The standard InChI is InChI=1S/C31H30O10/c1-15-8-10-16(11-9-15)25(32)24-22(31(35)41-7)20(17-12-13-18(36-2)19(14-17)37-3)21-23(26(24)33)27(34)29(39-5)30(40-6)28(21)38-4/h8-14,20,34H,1-7H3. The Hall–Kier alpha value is -4.99. The van der Waals surface area contributed by atoms with Gasteiger partial charge in [-0.2, -0.15) is 0 Å². The molecule has 0 saturated heterocycles. The van der Waals surface area contributed by atoms with Crippen LogP contribution >= 0.6 is 0 Å². The number of fused-ring (bicyclic) bond motifs is 1. The van der Waals surface area contributed by atoms with E-state index in [0.717, 1.165) is 12.7 Å². The van der Waals surface area contributed by atoms with Crippen molar-refractivity contribution in [3.8, 4) is 34.5 Å². The normalized spacial score (nSPS) is 14.2. The number of phenolic OH excluding ortho intramolecular Hbond substituents is 1. The Balaban J connectivity index is 2.21. The van der Waals surface area contributed by atoms with Crippen LogP contribution in [0.1, 0.15) is 43.3 Å². The van der Waals surface area contributed by atoms with Crippen molar-refractivity contribution in [2.24, 2.45) is 0 Å². The highest BCUT2D eigenvalue weighted by molar-refractivity contribution is 6.36. The molecule has 41 heavy (non-hydrogen) atoms. The van der Waals surface area contributed by atoms with Crippen LogP contribution in [-0.4, -0.2) is 65.3 Å². The van der Waals surface area contributed by atoms with E-state index in [9.17, 15) is 19.5 Å². The van der Waals surface area contributed by atoms with Gasteiger partial charge in [0.25, 0.3) is 0 Å². The van der Waals surface area contributed by atoms with E-state index < -0.39 is 34.8 Å². The number of allylic oxidation sites excluding steroid dienone is 1. The summed E-state index contributed by atoms with van der Waals surface area (Å²) in [7, 11) is 8.05. The molecule has 1 aliphatic rings. The smallest absolute Gasteiger partial charge is 0.335 e. The van der Waals surface area contributed by atoms with Gasteiger partial charge in [0.2, 0.25) is 17.3 Å². The third-order valence-electron chi connectivity index (χ3n) is 6.98. The van der Waals surface area contributed by atoms with Gasteiger partial charge in [-0.15, -0.1) is 0 Å². The van der Waals surface area contributed by atoms with Crippen molar-refractivity contribution in [3.05, 3.63) is 81.4 Å². The van der Waals surface area contributed by atoms with Crippen LogP contribution in [0.4, 0.5) is 0 Å². The van der Waals surface area contributed by atoms with Gasteiger partial charge in [0.05, 0.1) is 59.4 Å². The number of ketones is 2. The number of Topliss-reactive ketones (excluding diaryl/α,β-unsaturated/α-hetero) is 2. The van der Waals surface area contributed by atoms with Crippen LogP contribution in [0.15, 0.2) is 53.6 Å². The lowest BCUT2D eigenvalue weighted by Crippen LogP contribution is -2.31. The van der Waals surface area contributed by atoms with Crippen LogP contribution in [-0.2, 0) is 9.53 Å². The third-order valence-corrected chi connectivity index (χ3v) is 6.98. The summed E-state index contributed by atoms with van der Waals surface area (Å²) < 4.78 is 32.6. The van der Waals surface area contributed by atoms with Crippen molar-refractivity contribution in [3.63, 3.8) is 0 Å². The van der Waals surface area contributed by atoms with Crippen molar-refractivity contribution in [2.75, 3.05) is 42.7 Å². The number of benzene rings is 3. The molecule has 214 valence electrons. The molecule has 0 aliphatic heterocycles. The van der Waals surface area contributed by atoms with Gasteiger partial charge < -0.3 is 33.5 Å². The van der Waals surface area contributed by atoms with Gasteiger partial charge in [-0.05, 0) is 24.6 Å². The predicted molar refractivity (Wildman–Crippen MR) is 148 cm³/mol. The first-order chi connectivity index (χ1) is 19.7. The minimum atomic E-state index is -1.15. The lowest BCUT2D eigenvalue weighted by Gasteiger charge is -2.32. The molecule has 1 aliphatic carbocycles. The van der Waals surface area contributed by atoms with E-state index in [1.165, 1.54) is 35.5 Å². The second kappa shape index (κ2) is 11.6. The Kier molecular flexibility index (Phi) is 8.23. The summed E-state index contributed by atoms with van der Waals surface area (Å²) >= 11 is 0. The molecule has 0 fully saturated rings. The van der Waals surface area contributed by atoms with Crippen molar-refractivity contribution in [2.45, 2.75) is 12.8 Å². The molecule has 0 aromatic heterocycles. The maximum atomic E-state index is 14.2. The molecule has 3 aromatic carbocycles. The number of esters is 1. The molecule has 0 amide bonds. The summed E-state index contributed by atoms with van der Waals surface area (Å²) in [6, 6.07) is 11.4. The third kappa shape index (κ3) is 4.71. The van der Waals surface area contributed by atoms with Crippen LogP contribution in [0.25, 0.3) is 0 Å². The second-order valence-electron chi connectivity index (χ2n) is 9.09. The largest absolute Gasteiger partial charge is 0.504 e. The molecule has 0 spiro atoms. The fraction of sp³-hybridized carbons (Fsp3) is 0.258.